The van der Waals surface area contributed by atoms with Gasteiger partial charge in [-0.25, -0.2) is 14.6 Å². The maximum atomic E-state index is 13.0. The number of benzene rings is 1. The molecule has 0 aliphatic heterocycles. The fraction of sp³-hybridized carbons (Fsp3) is 0.400. The number of halogens is 3. The molecular formula is C25H29F3N6O4. The summed E-state index contributed by atoms with van der Waals surface area (Å²) in [5.74, 6) is -0.668. The van der Waals surface area contributed by atoms with Crippen LogP contribution >= 0.6 is 0 Å². The summed E-state index contributed by atoms with van der Waals surface area (Å²) >= 11 is 0. The number of hydrogen-bond donors (Lipinski definition) is 3. The molecule has 10 nitrogen and oxygen atoms in total. The Morgan fingerprint density at radius 1 is 1.13 bits per heavy atom. The lowest BCUT2D eigenvalue weighted by atomic mass is 10.0. The maximum Gasteiger partial charge on any atom is 0.419 e. The van der Waals surface area contributed by atoms with Crippen LogP contribution in [0.2, 0.25) is 0 Å². The summed E-state index contributed by atoms with van der Waals surface area (Å²) in [6.07, 6.45) is -0.314. The highest BCUT2D eigenvalue weighted by molar-refractivity contribution is 5.94. The van der Waals surface area contributed by atoms with E-state index in [4.69, 9.17) is 9.84 Å². The van der Waals surface area contributed by atoms with Gasteiger partial charge in [-0.1, -0.05) is 13.8 Å². The number of carboxylic acids is 1. The van der Waals surface area contributed by atoms with Crippen LogP contribution in [0.5, 0.6) is 5.75 Å². The zero-order valence-corrected chi connectivity index (χ0v) is 21.1. The van der Waals surface area contributed by atoms with Crippen molar-refractivity contribution in [2.75, 3.05) is 18.5 Å². The highest BCUT2D eigenvalue weighted by Crippen LogP contribution is 2.31. The number of anilines is 1. The number of carbonyl (C=O) groups excluding carboxylic acids is 1. The van der Waals surface area contributed by atoms with Gasteiger partial charge in [-0.3, -0.25) is 9.59 Å². The van der Waals surface area contributed by atoms with Crippen LogP contribution in [-0.4, -0.2) is 55.9 Å². The summed E-state index contributed by atoms with van der Waals surface area (Å²) in [4.78, 5) is 30.9. The number of aromatic nitrogens is 4. The fourth-order valence-corrected chi connectivity index (χ4v) is 3.62. The van der Waals surface area contributed by atoms with Crippen LogP contribution in [-0.2, 0) is 11.0 Å². The number of aliphatic carboxylic acids is 1. The largest absolute Gasteiger partial charge is 0.488 e. The number of amides is 1. The number of aryl methyl sites for hydroxylation is 1. The van der Waals surface area contributed by atoms with Gasteiger partial charge in [-0.2, -0.15) is 18.3 Å². The van der Waals surface area contributed by atoms with Crippen LogP contribution in [0.4, 0.5) is 18.9 Å². The third kappa shape index (κ3) is 8.18. The first-order chi connectivity index (χ1) is 17.9. The highest BCUT2D eigenvalue weighted by Gasteiger charge is 2.35. The SMILES string of the molecule is Cc1nn(-c2ncc(OCC(CC(C)C)Nc3ccc(C(=O)NCCC(=O)O)cc3)cn2)cc1C(F)(F)F. The molecule has 204 valence electrons. The van der Waals surface area contributed by atoms with Gasteiger partial charge in [0.05, 0.1) is 36.1 Å². The Morgan fingerprint density at radius 2 is 1.79 bits per heavy atom. The molecule has 0 aliphatic rings. The zero-order valence-electron chi connectivity index (χ0n) is 21.1. The van der Waals surface area contributed by atoms with E-state index in [2.05, 4.69) is 39.5 Å². The van der Waals surface area contributed by atoms with Crippen molar-refractivity contribution in [3.63, 3.8) is 0 Å². The van der Waals surface area contributed by atoms with Gasteiger partial charge in [0.15, 0.2) is 5.75 Å². The number of ether oxygens (including phenoxy) is 1. The first kappa shape index (κ1) is 28.4. The standard InChI is InChI=1S/C25H29F3N6O4/c1-15(2)10-19(32-18-6-4-17(5-7-18)23(37)29-9-8-22(35)36)14-38-20-11-30-24(31-12-20)34-13-21(16(3)33-34)25(26,27)28/h4-7,11-13,15,19,32H,8-10,14H2,1-3H3,(H,29,37)(H,35,36). The molecule has 0 fully saturated rings. The molecule has 3 rings (SSSR count). The quantitative estimate of drug-likeness (QED) is 0.317. The Hall–Kier alpha value is -4.16. The number of carbonyl (C=O) groups is 2. The van der Waals surface area contributed by atoms with E-state index in [1.807, 2.05) is 0 Å². The van der Waals surface area contributed by atoms with Crippen LogP contribution < -0.4 is 15.4 Å². The molecule has 0 spiro atoms. The molecule has 0 aliphatic carbocycles. The van der Waals surface area contributed by atoms with Gasteiger partial charge in [0, 0.05) is 24.0 Å². The number of rotatable bonds is 12. The molecule has 0 radical (unpaired) electrons. The molecule has 0 saturated heterocycles. The fourth-order valence-electron chi connectivity index (χ4n) is 3.62. The number of alkyl halides is 3. The van der Waals surface area contributed by atoms with Gasteiger partial charge >= 0.3 is 12.1 Å². The molecule has 0 bridgehead atoms. The summed E-state index contributed by atoms with van der Waals surface area (Å²) in [5, 5.41) is 18.4. The third-order valence-electron chi connectivity index (χ3n) is 5.37. The van der Waals surface area contributed by atoms with E-state index < -0.39 is 17.7 Å². The first-order valence-corrected chi connectivity index (χ1v) is 11.9. The smallest absolute Gasteiger partial charge is 0.419 e. The lowest BCUT2D eigenvalue weighted by Gasteiger charge is -2.22. The van der Waals surface area contributed by atoms with Crippen molar-refractivity contribution in [3.05, 3.63) is 59.7 Å². The molecule has 1 unspecified atom stereocenters. The molecule has 3 aromatic rings. The summed E-state index contributed by atoms with van der Waals surface area (Å²) < 4.78 is 45.9. The van der Waals surface area contributed by atoms with Gasteiger partial charge in [-0.15, -0.1) is 0 Å². The minimum absolute atomic E-state index is 0.0140. The van der Waals surface area contributed by atoms with Crippen LogP contribution in [0.15, 0.2) is 42.9 Å². The summed E-state index contributed by atoms with van der Waals surface area (Å²) in [6.45, 7) is 5.71. The van der Waals surface area contributed by atoms with Crippen LogP contribution in [0.25, 0.3) is 5.95 Å². The number of hydrogen-bond acceptors (Lipinski definition) is 7. The first-order valence-electron chi connectivity index (χ1n) is 11.9. The van der Waals surface area contributed by atoms with E-state index in [9.17, 15) is 22.8 Å². The predicted octanol–water partition coefficient (Wildman–Crippen LogP) is 4.10. The van der Waals surface area contributed by atoms with Gasteiger partial charge in [0.1, 0.15) is 6.61 Å². The van der Waals surface area contributed by atoms with Gasteiger partial charge in [-0.05, 0) is 43.5 Å². The Kier molecular flexibility index (Phi) is 9.26. The number of nitrogens with one attached hydrogen (secondary N) is 2. The summed E-state index contributed by atoms with van der Waals surface area (Å²) in [6, 6.07) is 6.67. The van der Waals surface area contributed by atoms with E-state index in [1.54, 1.807) is 24.3 Å². The Balaban J connectivity index is 1.59. The van der Waals surface area contributed by atoms with Crippen molar-refractivity contribution in [2.24, 2.45) is 5.92 Å². The molecular weight excluding hydrogens is 505 g/mol. The van der Waals surface area contributed by atoms with E-state index >= 15 is 0 Å². The van der Waals surface area contributed by atoms with Crippen molar-refractivity contribution in [1.82, 2.24) is 25.1 Å². The van der Waals surface area contributed by atoms with Crippen molar-refractivity contribution < 1.29 is 32.6 Å². The second-order valence-electron chi connectivity index (χ2n) is 9.05. The summed E-state index contributed by atoms with van der Waals surface area (Å²) in [7, 11) is 0. The molecule has 1 atom stereocenters. The van der Waals surface area contributed by atoms with Crippen molar-refractivity contribution in [3.8, 4) is 11.7 Å². The predicted molar refractivity (Wildman–Crippen MR) is 132 cm³/mol. The highest BCUT2D eigenvalue weighted by atomic mass is 19.4. The molecule has 2 aromatic heterocycles. The molecule has 1 amide bonds. The maximum absolute atomic E-state index is 13.0. The van der Waals surface area contributed by atoms with Crippen LogP contribution in [0.3, 0.4) is 0 Å². The average molecular weight is 535 g/mol. The van der Waals surface area contributed by atoms with Crippen LogP contribution in [0, 0.1) is 12.8 Å². The van der Waals surface area contributed by atoms with Gasteiger partial charge in [0.2, 0.25) is 0 Å². The van der Waals surface area contributed by atoms with Gasteiger partial charge in [0.25, 0.3) is 11.9 Å². The second-order valence-corrected chi connectivity index (χ2v) is 9.05. The molecule has 38 heavy (non-hydrogen) atoms. The van der Waals surface area contributed by atoms with Crippen molar-refractivity contribution in [2.45, 2.75) is 45.8 Å². The number of nitrogens with zero attached hydrogens (tertiary/aromatic N) is 4. The van der Waals surface area contributed by atoms with E-state index in [0.29, 0.717) is 17.2 Å². The minimum atomic E-state index is -4.52. The molecule has 13 heteroatoms. The van der Waals surface area contributed by atoms with Crippen molar-refractivity contribution in [1.29, 1.82) is 0 Å². The Labute approximate surface area is 217 Å². The van der Waals surface area contributed by atoms with E-state index in [-0.39, 0.29) is 43.2 Å². The molecule has 1 aromatic carbocycles. The normalized spacial score (nSPS) is 12.3. The summed E-state index contributed by atoms with van der Waals surface area (Å²) in [5.41, 5.74) is 0.152. The molecule has 2 heterocycles. The molecule has 3 N–H and O–H groups in total. The lowest BCUT2D eigenvalue weighted by Crippen LogP contribution is -2.29. The Morgan fingerprint density at radius 3 is 2.34 bits per heavy atom. The third-order valence-corrected chi connectivity index (χ3v) is 5.37. The minimum Gasteiger partial charge on any atom is -0.488 e. The number of carboxylic acid groups (broad SMARTS) is 1. The monoisotopic (exact) mass is 534 g/mol. The van der Waals surface area contributed by atoms with Crippen LogP contribution in [0.1, 0.15) is 48.3 Å². The second kappa shape index (κ2) is 12.4. The lowest BCUT2D eigenvalue weighted by molar-refractivity contribution is -0.138. The molecule has 0 saturated carbocycles. The van der Waals surface area contributed by atoms with E-state index in [1.165, 1.54) is 19.3 Å². The van der Waals surface area contributed by atoms with E-state index in [0.717, 1.165) is 23.0 Å². The topological polar surface area (TPSA) is 131 Å². The zero-order chi connectivity index (χ0) is 27.9. The average Bonchev–Trinajstić information content (AvgIpc) is 3.25. The Bertz CT molecular complexity index is 1230. The van der Waals surface area contributed by atoms with Crippen molar-refractivity contribution >= 4 is 17.6 Å². The van der Waals surface area contributed by atoms with Gasteiger partial charge < -0.3 is 20.5 Å².